The monoisotopic (exact) mass is 228 g/mol. The predicted octanol–water partition coefficient (Wildman–Crippen LogP) is -0.413. The first-order valence-corrected chi connectivity index (χ1v) is 5.04. The molecule has 0 saturated carbocycles. The average Bonchev–Trinajstić information content (AvgIpc) is 2.38. The van der Waals surface area contributed by atoms with Gasteiger partial charge in [0.2, 0.25) is 11.8 Å². The highest BCUT2D eigenvalue weighted by Crippen LogP contribution is 2.21. The minimum Gasteiger partial charge on any atom is -0.480 e. The van der Waals surface area contributed by atoms with E-state index in [1.807, 2.05) is 20.8 Å². The highest BCUT2D eigenvalue weighted by Gasteiger charge is 2.40. The largest absolute Gasteiger partial charge is 0.480 e. The van der Waals surface area contributed by atoms with Crippen molar-refractivity contribution in [3.8, 4) is 0 Å². The average molecular weight is 228 g/mol. The van der Waals surface area contributed by atoms with Crippen LogP contribution in [0.4, 0.5) is 0 Å². The number of hydrogen-bond acceptors (Lipinski definition) is 4. The van der Waals surface area contributed by atoms with E-state index in [4.69, 9.17) is 5.11 Å². The van der Waals surface area contributed by atoms with Crippen molar-refractivity contribution in [3.05, 3.63) is 0 Å². The SMILES string of the molecule is CC(C)(C)N(CC(=O)O)C1CC(=O)NC1=O. The molecule has 2 amide bonds. The molecule has 1 atom stereocenters. The van der Waals surface area contributed by atoms with Gasteiger partial charge in [-0.25, -0.2) is 0 Å². The minimum absolute atomic E-state index is 0.0311. The molecule has 1 rings (SSSR count). The van der Waals surface area contributed by atoms with Crippen molar-refractivity contribution >= 4 is 17.8 Å². The molecule has 1 fully saturated rings. The van der Waals surface area contributed by atoms with Gasteiger partial charge in [0.25, 0.3) is 0 Å². The fourth-order valence-electron chi connectivity index (χ4n) is 1.75. The standard InChI is InChI=1S/C10H16N2O4/c1-10(2,3)12(5-8(14)15)6-4-7(13)11-9(6)16/h6H,4-5H2,1-3H3,(H,14,15)(H,11,13,16). The first kappa shape index (κ1) is 12.6. The van der Waals surface area contributed by atoms with Crippen molar-refractivity contribution in [2.75, 3.05) is 6.54 Å². The number of rotatable bonds is 3. The van der Waals surface area contributed by atoms with Gasteiger partial charge in [-0.05, 0) is 20.8 Å². The lowest BCUT2D eigenvalue weighted by Crippen LogP contribution is -2.53. The van der Waals surface area contributed by atoms with Crippen molar-refractivity contribution in [1.29, 1.82) is 0 Å². The number of carboxylic acids is 1. The lowest BCUT2D eigenvalue weighted by molar-refractivity contribution is -0.142. The second kappa shape index (κ2) is 4.21. The number of imide groups is 1. The molecule has 0 aromatic carbocycles. The number of aliphatic carboxylic acids is 1. The van der Waals surface area contributed by atoms with Crippen LogP contribution in [0.2, 0.25) is 0 Å². The maximum atomic E-state index is 11.5. The molecule has 2 N–H and O–H groups in total. The summed E-state index contributed by atoms with van der Waals surface area (Å²) in [5.74, 6) is -1.78. The smallest absolute Gasteiger partial charge is 0.317 e. The van der Waals surface area contributed by atoms with Crippen LogP contribution in [-0.2, 0) is 14.4 Å². The summed E-state index contributed by atoms with van der Waals surface area (Å²) in [6.45, 7) is 5.18. The van der Waals surface area contributed by atoms with Crippen LogP contribution in [0.3, 0.4) is 0 Å². The summed E-state index contributed by atoms with van der Waals surface area (Å²) >= 11 is 0. The highest BCUT2D eigenvalue weighted by molar-refractivity contribution is 6.05. The Bertz CT molecular complexity index is 332. The molecule has 0 spiro atoms. The van der Waals surface area contributed by atoms with Gasteiger partial charge in [-0.1, -0.05) is 0 Å². The molecule has 1 aliphatic heterocycles. The number of nitrogens with one attached hydrogen (secondary N) is 1. The summed E-state index contributed by atoms with van der Waals surface area (Å²) in [6, 6.07) is -0.677. The zero-order valence-corrected chi connectivity index (χ0v) is 9.61. The molecular weight excluding hydrogens is 212 g/mol. The number of carbonyl (C=O) groups is 3. The van der Waals surface area contributed by atoms with Crippen molar-refractivity contribution in [2.45, 2.75) is 38.8 Å². The van der Waals surface area contributed by atoms with Gasteiger partial charge >= 0.3 is 5.97 Å². The summed E-state index contributed by atoms with van der Waals surface area (Å²) in [5.41, 5.74) is -0.481. The Morgan fingerprint density at radius 3 is 2.38 bits per heavy atom. The summed E-state index contributed by atoms with van der Waals surface area (Å²) in [5, 5.41) is 11.0. The number of hydrogen-bond donors (Lipinski definition) is 2. The molecule has 0 bridgehead atoms. The third-order valence-corrected chi connectivity index (χ3v) is 2.49. The van der Waals surface area contributed by atoms with Crippen molar-refractivity contribution in [1.82, 2.24) is 10.2 Å². The molecule has 90 valence electrons. The van der Waals surface area contributed by atoms with E-state index < -0.39 is 23.5 Å². The number of amides is 2. The molecule has 1 unspecified atom stereocenters. The predicted molar refractivity (Wildman–Crippen MR) is 55.6 cm³/mol. The van der Waals surface area contributed by atoms with Crippen LogP contribution in [0.5, 0.6) is 0 Å². The number of carboxylic acid groups (broad SMARTS) is 1. The molecule has 0 aromatic heterocycles. The quantitative estimate of drug-likeness (QED) is 0.641. The van der Waals surface area contributed by atoms with Gasteiger partial charge in [0.05, 0.1) is 19.0 Å². The van der Waals surface area contributed by atoms with E-state index in [2.05, 4.69) is 5.32 Å². The van der Waals surface area contributed by atoms with Gasteiger partial charge in [-0.15, -0.1) is 0 Å². The third kappa shape index (κ3) is 2.79. The first-order chi connectivity index (χ1) is 7.21. The second-order valence-electron chi connectivity index (χ2n) is 4.82. The fraction of sp³-hybridized carbons (Fsp3) is 0.700. The normalized spacial score (nSPS) is 21.4. The van der Waals surface area contributed by atoms with Gasteiger partial charge in [-0.3, -0.25) is 24.6 Å². The molecule has 0 aliphatic carbocycles. The Kier molecular flexibility index (Phi) is 3.32. The summed E-state index contributed by atoms with van der Waals surface area (Å²) in [4.78, 5) is 34.8. The van der Waals surface area contributed by atoms with Gasteiger partial charge in [-0.2, -0.15) is 0 Å². The van der Waals surface area contributed by atoms with Crippen LogP contribution in [0.25, 0.3) is 0 Å². The summed E-state index contributed by atoms with van der Waals surface area (Å²) < 4.78 is 0. The highest BCUT2D eigenvalue weighted by atomic mass is 16.4. The molecule has 16 heavy (non-hydrogen) atoms. The molecule has 6 nitrogen and oxygen atoms in total. The van der Waals surface area contributed by atoms with Crippen LogP contribution in [-0.4, -0.2) is 45.9 Å². The summed E-state index contributed by atoms with van der Waals surface area (Å²) in [6.07, 6.45) is 0.0311. The zero-order chi connectivity index (χ0) is 12.5. The maximum Gasteiger partial charge on any atom is 0.317 e. The van der Waals surface area contributed by atoms with Crippen LogP contribution >= 0.6 is 0 Å². The van der Waals surface area contributed by atoms with E-state index >= 15 is 0 Å². The lowest BCUT2D eigenvalue weighted by Gasteiger charge is -2.37. The Labute approximate surface area is 93.6 Å². The molecular formula is C10H16N2O4. The summed E-state index contributed by atoms with van der Waals surface area (Å²) in [7, 11) is 0. The van der Waals surface area contributed by atoms with E-state index in [9.17, 15) is 14.4 Å². The van der Waals surface area contributed by atoms with E-state index in [-0.39, 0.29) is 18.9 Å². The number of carbonyl (C=O) groups excluding carboxylic acids is 2. The van der Waals surface area contributed by atoms with Crippen LogP contribution in [0.1, 0.15) is 27.2 Å². The molecule has 0 aromatic rings. The fourth-order valence-corrected chi connectivity index (χ4v) is 1.75. The van der Waals surface area contributed by atoms with Crippen LogP contribution in [0.15, 0.2) is 0 Å². The third-order valence-electron chi connectivity index (χ3n) is 2.49. The Morgan fingerprint density at radius 1 is 1.50 bits per heavy atom. The minimum atomic E-state index is -1.01. The lowest BCUT2D eigenvalue weighted by atomic mass is 10.0. The van der Waals surface area contributed by atoms with Gasteiger partial charge in [0.15, 0.2) is 0 Å². The zero-order valence-electron chi connectivity index (χ0n) is 9.61. The topological polar surface area (TPSA) is 86.7 Å². The van der Waals surface area contributed by atoms with Crippen molar-refractivity contribution in [2.24, 2.45) is 0 Å². The van der Waals surface area contributed by atoms with Gasteiger partial charge < -0.3 is 5.11 Å². The molecule has 1 aliphatic rings. The van der Waals surface area contributed by atoms with Gasteiger partial charge in [0, 0.05) is 5.54 Å². The van der Waals surface area contributed by atoms with Gasteiger partial charge in [0.1, 0.15) is 0 Å². The number of nitrogens with zero attached hydrogens (tertiary/aromatic N) is 1. The van der Waals surface area contributed by atoms with Crippen molar-refractivity contribution in [3.63, 3.8) is 0 Å². The van der Waals surface area contributed by atoms with E-state index in [1.165, 1.54) is 4.90 Å². The van der Waals surface area contributed by atoms with E-state index in [0.29, 0.717) is 0 Å². The maximum absolute atomic E-state index is 11.5. The molecule has 1 heterocycles. The van der Waals surface area contributed by atoms with E-state index in [0.717, 1.165) is 0 Å². The molecule has 1 saturated heterocycles. The molecule has 6 heteroatoms. The Morgan fingerprint density at radius 2 is 2.06 bits per heavy atom. The second-order valence-corrected chi connectivity index (χ2v) is 4.82. The van der Waals surface area contributed by atoms with E-state index in [1.54, 1.807) is 0 Å². The van der Waals surface area contributed by atoms with Crippen LogP contribution < -0.4 is 5.32 Å². The van der Waals surface area contributed by atoms with Crippen molar-refractivity contribution < 1.29 is 19.5 Å². The van der Waals surface area contributed by atoms with Crippen LogP contribution in [0, 0.1) is 0 Å². The first-order valence-electron chi connectivity index (χ1n) is 5.04. The Hall–Kier alpha value is -1.43. The Balaban J connectivity index is 2.89. The molecule has 0 radical (unpaired) electrons.